The van der Waals surface area contributed by atoms with Gasteiger partial charge in [0.2, 0.25) is 6.33 Å². The standard InChI is InChI=1S/C31H26NO.C10H9N2.Ir/c1-19-18-32-28(15-22(19)17-31(2,3)4)25-11-7-10-24-27-14-21-13-12-20-8-5-6-9-23(20)26(21)16-29(27)33-30(24)25;1-11-7-8-12(9-11)10-5-3-2-4-6-10;/h5-10,12-16,18H,17H2,1-4H3;2-5,7-8H,1H3;/q2*-1;+3/i1D3,17D2;1D3;. The maximum atomic E-state index is 8.85. The number of imidazole rings is 1. The molecule has 0 aliphatic heterocycles. The van der Waals surface area contributed by atoms with Crippen molar-refractivity contribution in [3.63, 3.8) is 0 Å². The Morgan fingerprint density at radius 3 is 2.52 bits per heavy atom. The first-order valence-electron chi connectivity index (χ1n) is 18.6. The summed E-state index contributed by atoms with van der Waals surface area (Å²) in [6.07, 6.45) is 5.17. The number of hydrogen-bond donors (Lipinski definition) is 0. The quantitative estimate of drug-likeness (QED) is 0.102. The number of hydrogen-bond acceptors (Lipinski definition) is 2. The van der Waals surface area contributed by atoms with Crippen molar-refractivity contribution >= 4 is 43.5 Å². The third-order valence-electron chi connectivity index (χ3n) is 7.50. The van der Waals surface area contributed by atoms with Crippen molar-refractivity contribution in [2.75, 3.05) is 0 Å². The summed E-state index contributed by atoms with van der Waals surface area (Å²) >= 11 is 0. The predicted octanol–water partition coefficient (Wildman–Crippen LogP) is 9.55. The van der Waals surface area contributed by atoms with Crippen LogP contribution in [-0.4, -0.2) is 9.55 Å². The third kappa shape index (κ3) is 6.26. The molecule has 5 aromatic carbocycles. The van der Waals surface area contributed by atoms with E-state index in [2.05, 4.69) is 59.8 Å². The molecular weight excluding hydrogens is 743 g/mol. The van der Waals surface area contributed by atoms with Crippen LogP contribution in [0.5, 0.6) is 0 Å². The summed E-state index contributed by atoms with van der Waals surface area (Å²) in [5, 5.41) is 6.36. The van der Waals surface area contributed by atoms with E-state index in [4.69, 9.17) is 15.4 Å². The second kappa shape index (κ2) is 12.7. The Balaban J connectivity index is 0.000000261. The number of aryl methyl sites for hydroxylation is 2. The summed E-state index contributed by atoms with van der Waals surface area (Å²) in [5.41, 5.74) is 2.23. The molecule has 0 unspecified atom stereocenters. The molecule has 0 amide bonds. The molecule has 0 saturated carbocycles. The van der Waals surface area contributed by atoms with Crippen molar-refractivity contribution in [2.45, 2.75) is 34.0 Å². The smallest absolute Gasteiger partial charge is 0.501 e. The maximum absolute atomic E-state index is 8.85. The van der Waals surface area contributed by atoms with Gasteiger partial charge in [-0.15, -0.1) is 18.2 Å². The van der Waals surface area contributed by atoms with E-state index in [9.17, 15) is 0 Å². The monoisotopic (exact) mass is 786 g/mol. The molecule has 0 atom stereocenters. The second-order valence-electron chi connectivity index (χ2n) is 11.9. The molecular formula is C41H35IrN3O+. The minimum Gasteiger partial charge on any atom is -0.501 e. The topological polar surface area (TPSA) is 34.8 Å². The maximum Gasteiger partial charge on any atom is 3.00 e. The number of furan rings is 1. The fraction of sp³-hybridized carbons (Fsp3) is 0.171. The van der Waals surface area contributed by atoms with Gasteiger partial charge in [-0.2, -0.15) is 30.3 Å². The van der Waals surface area contributed by atoms with Crippen molar-refractivity contribution < 1.29 is 40.1 Å². The van der Waals surface area contributed by atoms with Gasteiger partial charge in [-0.05, 0) is 63.6 Å². The fourth-order valence-electron chi connectivity index (χ4n) is 5.52. The molecule has 228 valence electrons. The Kier molecular flexibility index (Phi) is 6.30. The van der Waals surface area contributed by atoms with Gasteiger partial charge in [-0.3, -0.25) is 0 Å². The molecule has 4 nitrogen and oxygen atoms in total. The number of fused-ring (bicyclic) bond motifs is 6. The van der Waals surface area contributed by atoms with E-state index in [1.54, 1.807) is 49.7 Å². The van der Waals surface area contributed by atoms with Crippen LogP contribution in [0.25, 0.3) is 60.4 Å². The van der Waals surface area contributed by atoms with E-state index in [-0.39, 0.29) is 31.2 Å². The summed E-state index contributed by atoms with van der Waals surface area (Å²) in [6, 6.07) is 35.5. The van der Waals surface area contributed by atoms with Crippen molar-refractivity contribution in [2.24, 2.45) is 12.4 Å². The van der Waals surface area contributed by atoms with Crippen molar-refractivity contribution in [3.8, 4) is 16.9 Å². The van der Waals surface area contributed by atoms with Gasteiger partial charge < -0.3 is 18.5 Å². The summed E-state index contributed by atoms with van der Waals surface area (Å²) in [4.78, 5) is 4.47. The molecule has 0 N–H and O–H groups in total. The second-order valence-corrected chi connectivity index (χ2v) is 11.9. The number of aromatic nitrogens is 3. The Morgan fingerprint density at radius 2 is 1.74 bits per heavy atom. The normalized spacial score (nSPS) is 14.9. The van der Waals surface area contributed by atoms with Gasteiger partial charge in [-0.25, -0.2) is 0 Å². The molecule has 3 heterocycles. The van der Waals surface area contributed by atoms with Crippen molar-refractivity contribution in [1.29, 1.82) is 0 Å². The number of benzene rings is 5. The molecule has 5 heteroatoms. The van der Waals surface area contributed by atoms with Gasteiger partial charge >= 0.3 is 20.1 Å². The molecule has 8 aromatic rings. The van der Waals surface area contributed by atoms with Crippen LogP contribution in [0.15, 0.2) is 114 Å². The van der Waals surface area contributed by atoms with Crippen LogP contribution in [0.3, 0.4) is 0 Å². The minimum absolute atomic E-state index is 0. The van der Waals surface area contributed by atoms with E-state index in [1.807, 2.05) is 36.4 Å². The molecule has 3 aromatic heterocycles. The van der Waals surface area contributed by atoms with Gasteiger partial charge in [0, 0.05) is 30.8 Å². The van der Waals surface area contributed by atoms with E-state index in [1.165, 1.54) is 12.4 Å². The van der Waals surface area contributed by atoms with Crippen LogP contribution in [0.2, 0.25) is 0 Å². The number of rotatable bonds is 3. The van der Waals surface area contributed by atoms with Crippen LogP contribution in [-0.2, 0) is 33.5 Å². The molecule has 0 saturated heterocycles. The SMILES string of the molecule is [2H]C([2H])([2H])[n+]1[c-]n(-c2[c-]cccc2)cc1.[2H]C([2H])([2H])c1cnc(-c2[c-]ccc3c2oc2cc4c(ccc5ccccc54)cc23)cc1C([2H])([2H])C(C)(C)C.[Ir+3]. The minimum atomic E-state index is -2.50. The molecule has 46 heavy (non-hydrogen) atoms. The largest absolute Gasteiger partial charge is 3.00 e. The fourth-order valence-corrected chi connectivity index (χ4v) is 5.52. The Labute approximate surface area is 294 Å². The summed E-state index contributed by atoms with van der Waals surface area (Å²) < 4.78 is 72.4. The van der Waals surface area contributed by atoms with Crippen LogP contribution in [0.1, 0.15) is 42.9 Å². The van der Waals surface area contributed by atoms with Crippen LogP contribution in [0.4, 0.5) is 0 Å². The molecule has 0 radical (unpaired) electrons. The number of para-hydroxylation sites is 1. The third-order valence-corrected chi connectivity index (χ3v) is 7.50. The van der Waals surface area contributed by atoms with Crippen LogP contribution >= 0.6 is 0 Å². The van der Waals surface area contributed by atoms with Crippen LogP contribution in [0, 0.1) is 30.7 Å². The zero-order valence-electron chi connectivity index (χ0n) is 33.5. The van der Waals surface area contributed by atoms with Gasteiger partial charge in [-0.1, -0.05) is 85.4 Å². The molecule has 0 aliphatic carbocycles. The number of pyridine rings is 1. The summed E-state index contributed by atoms with van der Waals surface area (Å²) in [7, 11) is 0. The first-order chi connectivity index (χ1) is 24.9. The van der Waals surface area contributed by atoms with E-state index < -0.39 is 25.6 Å². The van der Waals surface area contributed by atoms with Gasteiger partial charge in [0.25, 0.3) is 0 Å². The first-order valence-corrected chi connectivity index (χ1v) is 14.6. The van der Waals surface area contributed by atoms with E-state index in [0.717, 1.165) is 48.2 Å². The average molecular weight is 786 g/mol. The summed E-state index contributed by atoms with van der Waals surface area (Å²) in [6.45, 7) is 0.599. The molecule has 8 rings (SSSR count). The van der Waals surface area contributed by atoms with Crippen molar-refractivity contribution in [3.05, 3.63) is 139 Å². The molecule has 0 aliphatic rings. The Bertz CT molecular complexity index is 2620. The summed E-state index contributed by atoms with van der Waals surface area (Å²) in [5.74, 6) is 0. The van der Waals surface area contributed by atoms with Gasteiger partial charge in [0.15, 0.2) is 0 Å². The van der Waals surface area contributed by atoms with E-state index in [0.29, 0.717) is 16.8 Å². The predicted molar refractivity (Wildman–Crippen MR) is 183 cm³/mol. The van der Waals surface area contributed by atoms with E-state index >= 15 is 0 Å². The first kappa shape index (κ1) is 22.9. The molecule has 0 fully saturated rings. The van der Waals surface area contributed by atoms with Gasteiger partial charge in [0.1, 0.15) is 5.58 Å². The van der Waals surface area contributed by atoms with Gasteiger partial charge in [0.05, 0.1) is 16.7 Å². The van der Waals surface area contributed by atoms with Crippen molar-refractivity contribution in [1.82, 2.24) is 9.55 Å². The zero-order valence-corrected chi connectivity index (χ0v) is 27.9. The number of nitrogens with zero attached hydrogens (tertiary/aromatic N) is 3. The molecule has 0 spiro atoms. The average Bonchev–Trinajstić information content (AvgIpc) is 3.76. The van der Waals surface area contributed by atoms with Crippen LogP contribution < -0.4 is 4.57 Å². The Hall–Kier alpha value is -4.57. The zero-order chi connectivity index (χ0) is 37.9. The molecule has 0 bridgehead atoms. The Morgan fingerprint density at radius 1 is 0.891 bits per heavy atom.